The van der Waals surface area contributed by atoms with Gasteiger partial charge in [0.15, 0.2) is 6.61 Å². The number of aromatic hydroxyl groups is 1. The molecule has 0 bridgehead atoms. The van der Waals surface area contributed by atoms with Gasteiger partial charge in [-0.3, -0.25) is 0 Å². The van der Waals surface area contributed by atoms with Crippen molar-refractivity contribution >= 4 is 11.6 Å². The third kappa shape index (κ3) is 4.05. The summed E-state index contributed by atoms with van der Waals surface area (Å²) in [6, 6.07) is 6.90. The molecule has 0 saturated heterocycles. The van der Waals surface area contributed by atoms with Gasteiger partial charge in [0.25, 0.3) is 0 Å². The molecule has 2 aromatic rings. The zero-order valence-electron chi connectivity index (χ0n) is 11.3. The van der Waals surface area contributed by atoms with E-state index in [9.17, 15) is 22.7 Å². The smallest absolute Gasteiger partial charge is 0.422 e. The lowest BCUT2D eigenvalue weighted by molar-refractivity contribution is -0.153. The van der Waals surface area contributed by atoms with Crippen LogP contribution in [0.2, 0.25) is 5.02 Å². The number of ether oxygens (including phenoxy) is 1. The Kier molecular flexibility index (Phi) is 4.66. The van der Waals surface area contributed by atoms with Gasteiger partial charge in [0.1, 0.15) is 23.4 Å². The molecule has 0 aliphatic heterocycles. The van der Waals surface area contributed by atoms with Crippen LogP contribution in [0, 0.1) is 17.1 Å². The fourth-order valence-corrected chi connectivity index (χ4v) is 2.03. The Morgan fingerprint density at radius 1 is 1.17 bits per heavy atom. The minimum Gasteiger partial charge on any atom is -0.507 e. The van der Waals surface area contributed by atoms with Gasteiger partial charge in [-0.25, -0.2) is 4.39 Å². The molecular weight excluding hydrogens is 338 g/mol. The highest BCUT2D eigenvalue weighted by atomic mass is 35.5. The summed E-state index contributed by atoms with van der Waals surface area (Å²) in [5, 5.41) is 18.7. The van der Waals surface area contributed by atoms with Gasteiger partial charge in [-0.05, 0) is 24.3 Å². The van der Waals surface area contributed by atoms with E-state index in [0.29, 0.717) is 0 Å². The van der Waals surface area contributed by atoms with Crippen LogP contribution in [0.15, 0.2) is 30.3 Å². The molecule has 120 valence electrons. The lowest BCUT2D eigenvalue weighted by Gasteiger charge is -2.12. The van der Waals surface area contributed by atoms with Crippen molar-refractivity contribution in [1.29, 1.82) is 5.26 Å². The van der Waals surface area contributed by atoms with E-state index in [4.69, 9.17) is 16.9 Å². The number of alkyl halides is 3. The van der Waals surface area contributed by atoms with Crippen molar-refractivity contribution in [2.75, 3.05) is 6.61 Å². The molecule has 0 atom stereocenters. The summed E-state index contributed by atoms with van der Waals surface area (Å²) >= 11 is 5.73. The molecule has 8 heteroatoms. The fraction of sp³-hybridized carbons (Fsp3) is 0.133. The molecule has 0 aliphatic carbocycles. The van der Waals surface area contributed by atoms with Crippen LogP contribution in [0.4, 0.5) is 17.6 Å². The molecule has 0 spiro atoms. The molecule has 0 aromatic heterocycles. The molecule has 0 saturated carbocycles. The Balaban J connectivity index is 2.46. The first-order valence-electron chi connectivity index (χ1n) is 6.13. The molecule has 0 unspecified atom stereocenters. The van der Waals surface area contributed by atoms with Gasteiger partial charge in [0.05, 0.1) is 10.6 Å². The van der Waals surface area contributed by atoms with Gasteiger partial charge >= 0.3 is 6.18 Å². The van der Waals surface area contributed by atoms with E-state index in [1.54, 1.807) is 6.07 Å². The zero-order valence-corrected chi connectivity index (χ0v) is 12.0. The Morgan fingerprint density at radius 2 is 1.87 bits per heavy atom. The standard InChI is InChI=1S/C15H8ClF4NO2/c16-12-5-14(22)11(3-8(12)6-21)10-4-9(1-2-13(10)17)23-7-15(18,19)20/h1-5,22H,7H2. The summed E-state index contributed by atoms with van der Waals surface area (Å²) < 4.78 is 55.0. The van der Waals surface area contributed by atoms with Crippen LogP contribution in [-0.2, 0) is 0 Å². The molecule has 0 radical (unpaired) electrons. The number of phenols is 1. The summed E-state index contributed by atoms with van der Waals surface area (Å²) in [6.45, 7) is -1.53. The minimum atomic E-state index is -4.54. The second-order valence-corrected chi connectivity index (χ2v) is 4.91. The summed E-state index contributed by atoms with van der Waals surface area (Å²) in [5.74, 6) is -1.45. The Morgan fingerprint density at radius 3 is 2.48 bits per heavy atom. The number of benzene rings is 2. The van der Waals surface area contributed by atoms with Crippen molar-refractivity contribution in [1.82, 2.24) is 0 Å². The van der Waals surface area contributed by atoms with E-state index in [2.05, 4.69) is 4.74 Å². The van der Waals surface area contributed by atoms with E-state index in [0.717, 1.165) is 30.3 Å². The number of hydrogen-bond donors (Lipinski definition) is 1. The van der Waals surface area contributed by atoms with E-state index in [1.165, 1.54) is 0 Å². The average molecular weight is 346 g/mol. The van der Waals surface area contributed by atoms with Crippen molar-refractivity contribution < 1.29 is 27.4 Å². The molecule has 2 aromatic carbocycles. The van der Waals surface area contributed by atoms with Crippen LogP contribution in [0.25, 0.3) is 11.1 Å². The van der Waals surface area contributed by atoms with Crippen molar-refractivity contribution in [3.05, 3.63) is 46.7 Å². The summed E-state index contributed by atoms with van der Waals surface area (Å²) in [7, 11) is 0. The summed E-state index contributed by atoms with van der Waals surface area (Å²) in [5.41, 5.74) is -0.309. The van der Waals surface area contributed by atoms with Crippen molar-refractivity contribution in [3.8, 4) is 28.7 Å². The normalized spacial score (nSPS) is 11.1. The number of nitrogens with zero attached hydrogens (tertiary/aromatic N) is 1. The van der Waals surface area contributed by atoms with Crippen molar-refractivity contribution in [2.24, 2.45) is 0 Å². The predicted molar refractivity (Wildman–Crippen MR) is 74.8 cm³/mol. The van der Waals surface area contributed by atoms with Gasteiger partial charge in [-0.2, -0.15) is 18.4 Å². The first kappa shape index (κ1) is 16.9. The molecular formula is C15H8ClF4NO2. The monoisotopic (exact) mass is 345 g/mol. The second kappa shape index (κ2) is 6.34. The van der Waals surface area contributed by atoms with Crippen LogP contribution in [-0.4, -0.2) is 17.9 Å². The van der Waals surface area contributed by atoms with E-state index in [1.807, 2.05) is 0 Å². The third-order valence-corrected chi connectivity index (χ3v) is 3.15. The molecule has 1 N–H and O–H groups in total. The van der Waals surface area contributed by atoms with Gasteiger partial charge in [-0.15, -0.1) is 0 Å². The second-order valence-electron chi connectivity index (χ2n) is 4.51. The van der Waals surface area contributed by atoms with Crippen LogP contribution < -0.4 is 4.74 Å². The van der Waals surface area contributed by atoms with Gasteiger partial charge in [0, 0.05) is 17.2 Å². The lowest BCUT2D eigenvalue weighted by Crippen LogP contribution is -2.19. The number of rotatable bonds is 3. The van der Waals surface area contributed by atoms with Crippen LogP contribution in [0.1, 0.15) is 5.56 Å². The number of halogens is 5. The quantitative estimate of drug-likeness (QED) is 0.823. The molecule has 2 rings (SSSR count). The summed E-state index contributed by atoms with van der Waals surface area (Å²) in [4.78, 5) is 0. The molecule has 0 amide bonds. The van der Waals surface area contributed by atoms with Crippen molar-refractivity contribution in [2.45, 2.75) is 6.18 Å². The largest absolute Gasteiger partial charge is 0.507 e. The van der Waals surface area contributed by atoms with Gasteiger partial charge in [0.2, 0.25) is 0 Å². The van der Waals surface area contributed by atoms with Gasteiger partial charge < -0.3 is 9.84 Å². The van der Waals surface area contributed by atoms with Crippen LogP contribution >= 0.6 is 11.6 Å². The maximum absolute atomic E-state index is 13.9. The number of hydrogen-bond acceptors (Lipinski definition) is 3. The highest BCUT2D eigenvalue weighted by Crippen LogP contribution is 2.37. The third-order valence-electron chi connectivity index (χ3n) is 2.84. The van der Waals surface area contributed by atoms with E-state index in [-0.39, 0.29) is 27.5 Å². The molecule has 0 fully saturated rings. The first-order valence-corrected chi connectivity index (χ1v) is 6.51. The topological polar surface area (TPSA) is 53.2 Å². The van der Waals surface area contributed by atoms with Gasteiger partial charge in [-0.1, -0.05) is 11.6 Å². The minimum absolute atomic E-state index is 0.0134. The SMILES string of the molecule is N#Cc1cc(-c2cc(OCC(F)(F)F)ccc2F)c(O)cc1Cl. The predicted octanol–water partition coefficient (Wildman–Crippen LogP) is 4.66. The Hall–Kier alpha value is -2.46. The number of phenolic OH excluding ortho intramolecular Hbond substituents is 1. The highest BCUT2D eigenvalue weighted by molar-refractivity contribution is 6.32. The van der Waals surface area contributed by atoms with E-state index < -0.39 is 24.3 Å². The molecule has 3 nitrogen and oxygen atoms in total. The molecule has 0 aliphatic rings. The average Bonchev–Trinajstić information content (AvgIpc) is 2.46. The van der Waals surface area contributed by atoms with Crippen LogP contribution in [0.3, 0.4) is 0 Å². The number of nitriles is 1. The highest BCUT2D eigenvalue weighted by Gasteiger charge is 2.28. The van der Waals surface area contributed by atoms with Crippen molar-refractivity contribution in [3.63, 3.8) is 0 Å². The zero-order chi connectivity index (χ0) is 17.2. The Labute approximate surface area is 133 Å². The Bertz CT molecular complexity index is 784. The maximum atomic E-state index is 13.9. The van der Waals surface area contributed by atoms with E-state index >= 15 is 0 Å². The summed E-state index contributed by atoms with van der Waals surface area (Å²) in [6.07, 6.45) is -4.54. The lowest BCUT2D eigenvalue weighted by atomic mass is 10.0. The first-order chi connectivity index (χ1) is 10.7. The fourth-order valence-electron chi connectivity index (χ4n) is 1.83. The molecule has 23 heavy (non-hydrogen) atoms. The van der Waals surface area contributed by atoms with Crippen LogP contribution in [0.5, 0.6) is 11.5 Å². The molecule has 0 heterocycles. The maximum Gasteiger partial charge on any atom is 0.422 e.